The number of carbonyl (C=O) groups is 2. The van der Waals surface area contributed by atoms with Crippen LogP contribution in [0, 0.1) is 6.92 Å². The van der Waals surface area contributed by atoms with Gasteiger partial charge in [0.1, 0.15) is 5.76 Å². The second-order valence-corrected chi connectivity index (χ2v) is 9.12. The summed E-state index contributed by atoms with van der Waals surface area (Å²) in [4.78, 5) is 32.6. The van der Waals surface area contributed by atoms with E-state index in [0.29, 0.717) is 27.8 Å². The molecule has 0 saturated carbocycles. The Morgan fingerprint density at radius 2 is 1.79 bits per heavy atom. The number of amides is 1. The number of carbonyl (C=O) groups excluding carboxylic acids is 2. The quantitative estimate of drug-likeness (QED) is 0.259. The van der Waals surface area contributed by atoms with Crippen molar-refractivity contribution in [1.82, 2.24) is 4.98 Å². The maximum atomic E-state index is 13.3. The average Bonchev–Trinajstić information content (AvgIpc) is 3.55. The van der Waals surface area contributed by atoms with Crippen molar-refractivity contribution in [2.75, 3.05) is 11.7 Å². The van der Waals surface area contributed by atoms with E-state index >= 15 is 0 Å². The number of hydrogen-bond acceptors (Lipinski definition) is 7. The van der Waals surface area contributed by atoms with Gasteiger partial charge in [-0.15, -0.1) is 0 Å². The van der Waals surface area contributed by atoms with Crippen molar-refractivity contribution in [2.24, 2.45) is 0 Å². The van der Waals surface area contributed by atoms with Crippen LogP contribution >= 0.6 is 11.3 Å². The molecular formula is C26H18N2O5S. The van der Waals surface area contributed by atoms with E-state index in [2.05, 4.69) is 4.98 Å². The Hall–Kier alpha value is -4.17. The Balaban J connectivity index is 1.57. The van der Waals surface area contributed by atoms with E-state index in [0.717, 1.165) is 15.8 Å². The fourth-order valence-corrected chi connectivity index (χ4v) is 5.25. The van der Waals surface area contributed by atoms with Crippen LogP contribution in [0.3, 0.4) is 0 Å². The predicted octanol–water partition coefficient (Wildman–Crippen LogP) is 4.96. The number of aryl methyl sites for hydroxylation is 1. The molecule has 6 rings (SSSR count). The molecule has 3 aromatic carbocycles. The molecule has 3 heterocycles. The molecular weight excluding hydrogens is 452 g/mol. The number of hydrogen-bond donors (Lipinski definition) is 1. The summed E-state index contributed by atoms with van der Waals surface area (Å²) in [6.07, 6.45) is 0. The lowest BCUT2D eigenvalue weighted by Gasteiger charge is -2.23. The van der Waals surface area contributed by atoms with Gasteiger partial charge in [-0.3, -0.25) is 14.5 Å². The summed E-state index contributed by atoms with van der Waals surface area (Å²) in [5, 5.41) is 11.6. The van der Waals surface area contributed by atoms with Crippen LogP contribution in [0.5, 0.6) is 11.5 Å². The first-order chi connectivity index (χ1) is 16.5. The Morgan fingerprint density at radius 1 is 1.03 bits per heavy atom. The van der Waals surface area contributed by atoms with Gasteiger partial charge in [0.25, 0.3) is 5.78 Å². The second-order valence-electron chi connectivity index (χ2n) is 8.11. The van der Waals surface area contributed by atoms with Crippen molar-refractivity contribution in [2.45, 2.75) is 13.0 Å². The lowest BCUT2D eigenvalue weighted by Crippen LogP contribution is -2.29. The first-order valence-electron chi connectivity index (χ1n) is 10.6. The molecule has 2 aliphatic heterocycles. The van der Waals surface area contributed by atoms with Crippen LogP contribution in [0.15, 0.2) is 72.3 Å². The molecule has 34 heavy (non-hydrogen) atoms. The fourth-order valence-electron chi connectivity index (χ4n) is 4.26. The highest BCUT2D eigenvalue weighted by molar-refractivity contribution is 7.22. The standard InChI is InChI=1S/C26H18N2O5S/c1-14-6-8-15(9-7-14)23(29)21-22(16-10-11-18-19(12-16)33-13-32-18)28(25(31)24(21)30)26-27-17-4-2-3-5-20(17)34-26/h2-12,22,29H,13H2,1H3/t22-/m1/s1. The largest absolute Gasteiger partial charge is 0.507 e. The highest BCUT2D eigenvalue weighted by Crippen LogP contribution is 2.46. The lowest BCUT2D eigenvalue weighted by molar-refractivity contribution is -0.132. The third-order valence-corrected chi connectivity index (χ3v) is 7.01. The SMILES string of the molecule is Cc1ccc(C(O)=C2C(=O)C(=O)N(c3nc4ccccc4s3)[C@@H]2c2ccc3c(c2)OCO3)cc1. The molecule has 0 spiro atoms. The van der Waals surface area contributed by atoms with Crippen molar-refractivity contribution >= 4 is 44.1 Å². The zero-order valence-electron chi connectivity index (χ0n) is 18.0. The predicted molar refractivity (Wildman–Crippen MR) is 128 cm³/mol. The van der Waals surface area contributed by atoms with Crippen molar-refractivity contribution < 1.29 is 24.2 Å². The number of ether oxygens (including phenoxy) is 2. The van der Waals surface area contributed by atoms with E-state index in [9.17, 15) is 14.7 Å². The van der Waals surface area contributed by atoms with Gasteiger partial charge in [-0.2, -0.15) is 0 Å². The monoisotopic (exact) mass is 470 g/mol. The maximum Gasteiger partial charge on any atom is 0.301 e. The summed E-state index contributed by atoms with van der Waals surface area (Å²) in [6.45, 7) is 2.03. The molecule has 4 aromatic rings. The third kappa shape index (κ3) is 3.14. The molecule has 1 atom stereocenters. The van der Waals surface area contributed by atoms with Gasteiger partial charge in [0.05, 0.1) is 21.8 Å². The summed E-state index contributed by atoms with van der Waals surface area (Å²) in [5.74, 6) is -0.637. The molecule has 0 aliphatic carbocycles. The molecule has 1 fully saturated rings. The molecule has 1 aromatic heterocycles. The zero-order valence-corrected chi connectivity index (χ0v) is 18.8. The van der Waals surface area contributed by atoms with Crippen molar-refractivity contribution in [3.63, 3.8) is 0 Å². The smallest absolute Gasteiger partial charge is 0.301 e. The number of para-hydroxylation sites is 1. The number of ketones is 1. The fraction of sp³-hybridized carbons (Fsp3) is 0.115. The van der Waals surface area contributed by atoms with Crippen LogP contribution in [0.4, 0.5) is 5.13 Å². The number of aromatic nitrogens is 1. The van der Waals surface area contributed by atoms with Crippen LogP contribution in [-0.4, -0.2) is 28.6 Å². The summed E-state index contributed by atoms with van der Waals surface area (Å²) in [5.41, 5.74) is 2.81. The Morgan fingerprint density at radius 3 is 2.59 bits per heavy atom. The highest BCUT2D eigenvalue weighted by Gasteiger charge is 2.48. The lowest BCUT2D eigenvalue weighted by atomic mass is 9.95. The molecule has 8 heteroatoms. The number of nitrogens with zero attached hydrogens (tertiary/aromatic N) is 2. The van der Waals surface area contributed by atoms with Gasteiger partial charge < -0.3 is 14.6 Å². The van der Waals surface area contributed by atoms with E-state index in [4.69, 9.17) is 9.47 Å². The molecule has 2 aliphatic rings. The van der Waals surface area contributed by atoms with E-state index in [-0.39, 0.29) is 18.1 Å². The number of aliphatic hydroxyl groups excluding tert-OH is 1. The number of aliphatic hydroxyl groups is 1. The topological polar surface area (TPSA) is 89.0 Å². The Labute approximate surface area is 198 Å². The highest BCUT2D eigenvalue weighted by atomic mass is 32.1. The van der Waals surface area contributed by atoms with E-state index in [1.54, 1.807) is 30.3 Å². The Kier molecular flexibility index (Phi) is 4.63. The molecule has 0 unspecified atom stereocenters. The summed E-state index contributed by atoms with van der Waals surface area (Å²) >= 11 is 1.32. The van der Waals surface area contributed by atoms with Crippen molar-refractivity contribution in [1.29, 1.82) is 0 Å². The minimum atomic E-state index is -0.878. The van der Waals surface area contributed by atoms with Gasteiger partial charge in [-0.1, -0.05) is 59.4 Å². The van der Waals surface area contributed by atoms with Gasteiger partial charge in [0, 0.05) is 5.56 Å². The van der Waals surface area contributed by atoms with Gasteiger partial charge in [-0.05, 0) is 36.8 Å². The van der Waals surface area contributed by atoms with E-state index in [1.807, 2.05) is 43.3 Å². The van der Waals surface area contributed by atoms with Gasteiger partial charge in [-0.25, -0.2) is 4.98 Å². The number of Topliss-reactive ketones (excluding diaryl/α,β-unsaturated/α-hetero) is 1. The van der Waals surface area contributed by atoms with Crippen LogP contribution in [0.1, 0.15) is 22.7 Å². The number of fused-ring (bicyclic) bond motifs is 2. The molecule has 7 nitrogen and oxygen atoms in total. The van der Waals surface area contributed by atoms with Crippen molar-refractivity contribution in [3.8, 4) is 11.5 Å². The van der Waals surface area contributed by atoms with Crippen LogP contribution < -0.4 is 14.4 Å². The molecule has 1 N–H and O–H groups in total. The zero-order chi connectivity index (χ0) is 23.4. The van der Waals surface area contributed by atoms with Crippen LogP contribution in [0.25, 0.3) is 16.0 Å². The Bertz CT molecular complexity index is 1470. The number of benzene rings is 3. The number of rotatable bonds is 3. The molecule has 168 valence electrons. The first kappa shape index (κ1) is 20.4. The van der Waals surface area contributed by atoms with Crippen molar-refractivity contribution in [3.05, 3.63) is 89.0 Å². The second kappa shape index (κ2) is 7.71. The van der Waals surface area contributed by atoms with Gasteiger partial charge in [0.2, 0.25) is 6.79 Å². The first-order valence-corrected chi connectivity index (χ1v) is 11.5. The summed E-state index contributed by atoms with van der Waals surface area (Å²) in [6, 6.07) is 19.0. The minimum absolute atomic E-state index is 0.00646. The number of anilines is 1. The van der Waals surface area contributed by atoms with E-state index < -0.39 is 17.7 Å². The minimum Gasteiger partial charge on any atom is -0.507 e. The molecule has 0 radical (unpaired) electrons. The summed E-state index contributed by atoms with van der Waals surface area (Å²) in [7, 11) is 0. The van der Waals surface area contributed by atoms with E-state index in [1.165, 1.54) is 16.2 Å². The summed E-state index contributed by atoms with van der Waals surface area (Å²) < 4.78 is 11.8. The van der Waals surface area contributed by atoms with Crippen LogP contribution in [-0.2, 0) is 9.59 Å². The third-order valence-electron chi connectivity index (χ3n) is 5.97. The maximum absolute atomic E-state index is 13.3. The van der Waals surface area contributed by atoms with Gasteiger partial charge in [0.15, 0.2) is 16.6 Å². The molecule has 1 amide bonds. The molecule has 0 bridgehead atoms. The molecule has 1 saturated heterocycles. The van der Waals surface area contributed by atoms with Gasteiger partial charge >= 0.3 is 5.91 Å². The van der Waals surface area contributed by atoms with Crippen LogP contribution in [0.2, 0.25) is 0 Å². The average molecular weight is 471 g/mol. The normalized spacial score (nSPS) is 18.7. The number of thiazole rings is 1.